The summed E-state index contributed by atoms with van der Waals surface area (Å²) in [7, 11) is 1.59. The molecule has 0 radical (unpaired) electrons. The maximum atomic E-state index is 11.7. The van der Waals surface area contributed by atoms with Gasteiger partial charge in [-0.2, -0.15) is 5.10 Å². The molecule has 2 aromatic rings. The smallest absolute Gasteiger partial charge is 0.305 e. The number of hydrogen-bond donors (Lipinski definition) is 2. The average molecular weight is 413 g/mol. The number of amides is 1. The van der Waals surface area contributed by atoms with E-state index in [0.717, 1.165) is 28.6 Å². The van der Waals surface area contributed by atoms with Gasteiger partial charge < -0.3 is 19.9 Å². The van der Waals surface area contributed by atoms with E-state index in [1.165, 1.54) is 6.21 Å². The Hall–Kier alpha value is -3.33. The molecule has 1 heterocycles. The quantitative estimate of drug-likeness (QED) is 0.509. The minimum absolute atomic E-state index is 0.261. The van der Waals surface area contributed by atoms with Crippen molar-refractivity contribution < 1.29 is 24.2 Å². The fourth-order valence-electron chi connectivity index (χ4n) is 2.56. The van der Waals surface area contributed by atoms with Crippen LogP contribution in [0.4, 0.5) is 0 Å². The van der Waals surface area contributed by atoms with E-state index >= 15 is 0 Å². The Kier molecular flexibility index (Phi) is 6.85. The van der Waals surface area contributed by atoms with Gasteiger partial charge in [0.05, 0.1) is 19.7 Å². The summed E-state index contributed by atoms with van der Waals surface area (Å²) >= 11 is 1.05. The van der Waals surface area contributed by atoms with Gasteiger partial charge >= 0.3 is 5.97 Å². The predicted molar refractivity (Wildman–Crippen MR) is 111 cm³/mol. The third kappa shape index (κ3) is 5.82. The minimum Gasteiger partial charge on any atom is -0.496 e. The topological polar surface area (TPSA) is 110 Å². The van der Waals surface area contributed by atoms with Gasteiger partial charge in [-0.05, 0) is 35.9 Å². The second-order valence-electron chi connectivity index (χ2n) is 6.02. The van der Waals surface area contributed by atoms with Crippen LogP contribution in [0, 0.1) is 0 Å². The summed E-state index contributed by atoms with van der Waals surface area (Å²) < 4.78 is 11.2. The Labute approximate surface area is 171 Å². The first-order valence-corrected chi connectivity index (χ1v) is 9.58. The van der Waals surface area contributed by atoms with Gasteiger partial charge in [0.15, 0.2) is 5.17 Å². The largest absolute Gasteiger partial charge is 0.496 e. The molecular weight excluding hydrogens is 394 g/mol. The molecule has 150 valence electrons. The van der Waals surface area contributed by atoms with E-state index in [-0.39, 0.29) is 17.5 Å². The zero-order chi connectivity index (χ0) is 20.6. The van der Waals surface area contributed by atoms with Crippen LogP contribution in [0.5, 0.6) is 11.5 Å². The highest BCUT2D eigenvalue weighted by Crippen LogP contribution is 2.23. The molecule has 0 aromatic heterocycles. The van der Waals surface area contributed by atoms with Crippen molar-refractivity contribution in [2.24, 2.45) is 10.2 Å². The minimum atomic E-state index is -1.04. The van der Waals surface area contributed by atoms with E-state index in [9.17, 15) is 9.59 Å². The molecule has 1 aliphatic rings. The Morgan fingerprint density at radius 3 is 2.79 bits per heavy atom. The van der Waals surface area contributed by atoms with Gasteiger partial charge in [-0.25, -0.2) is 0 Å². The summed E-state index contributed by atoms with van der Waals surface area (Å²) in [6.07, 6.45) is 1.28. The first-order chi connectivity index (χ1) is 14.0. The number of ether oxygens (including phenoxy) is 2. The van der Waals surface area contributed by atoms with Crippen LogP contribution in [-0.4, -0.2) is 40.7 Å². The predicted octanol–water partition coefficient (Wildman–Crippen LogP) is 2.67. The lowest BCUT2D eigenvalue weighted by atomic mass is 10.1. The molecule has 2 aromatic carbocycles. The van der Waals surface area contributed by atoms with Crippen molar-refractivity contribution in [3.05, 3.63) is 59.7 Å². The number of carbonyl (C=O) groups excluding carboxylic acids is 1. The third-order valence-electron chi connectivity index (χ3n) is 3.93. The number of thioether (sulfide) groups is 1. The zero-order valence-corrected chi connectivity index (χ0v) is 16.4. The van der Waals surface area contributed by atoms with Crippen molar-refractivity contribution in [1.29, 1.82) is 0 Å². The highest BCUT2D eigenvalue weighted by molar-refractivity contribution is 8.15. The van der Waals surface area contributed by atoms with Crippen molar-refractivity contribution in [3.8, 4) is 11.5 Å². The maximum Gasteiger partial charge on any atom is 0.305 e. The summed E-state index contributed by atoms with van der Waals surface area (Å²) in [5.74, 6) is 0.0338. The van der Waals surface area contributed by atoms with Crippen molar-refractivity contribution >= 4 is 35.0 Å². The molecule has 0 spiro atoms. The van der Waals surface area contributed by atoms with Gasteiger partial charge in [0.25, 0.3) is 0 Å². The molecule has 1 saturated heterocycles. The van der Waals surface area contributed by atoms with E-state index < -0.39 is 11.2 Å². The number of carbonyl (C=O) groups is 2. The highest BCUT2D eigenvalue weighted by atomic mass is 32.2. The SMILES string of the molecule is COc1ccc(C=NN=C2NC(=O)C(CC(=O)O)S2)cc1COc1ccccc1. The van der Waals surface area contributed by atoms with Crippen LogP contribution in [0.2, 0.25) is 0 Å². The lowest BCUT2D eigenvalue weighted by molar-refractivity contribution is -0.138. The molecular formula is C20H19N3O5S. The van der Waals surface area contributed by atoms with Gasteiger partial charge in [0.1, 0.15) is 23.4 Å². The molecule has 1 fully saturated rings. The molecule has 0 saturated carbocycles. The van der Waals surface area contributed by atoms with E-state index in [1.54, 1.807) is 7.11 Å². The number of carboxylic acid groups (broad SMARTS) is 1. The summed E-state index contributed by atoms with van der Waals surface area (Å²) in [6, 6.07) is 15.0. The third-order valence-corrected chi connectivity index (χ3v) is 5.01. The molecule has 2 N–H and O–H groups in total. The Morgan fingerprint density at radius 1 is 1.28 bits per heavy atom. The second kappa shape index (κ2) is 9.74. The van der Waals surface area contributed by atoms with Crippen LogP contribution < -0.4 is 14.8 Å². The summed E-state index contributed by atoms with van der Waals surface area (Å²) in [4.78, 5) is 22.5. The summed E-state index contributed by atoms with van der Waals surface area (Å²) in [5.41, 5.74) is 1.62. The molecule has 1 atom stereocenters. The van der Waals surface area contributed by atoms with Crippen molar-refractivity contribution in [1.82, 2.24) is 5.32 Å². The summed E-state index contributed by atoms with van der Waals surface area (Å²) in [5, 5.41) is 18.9. The fraction of sp³-hybridized carbons (Fsp3) is 0.200. The number of benzene rings is 2. The van der Waals surface area contributed by atoms with Gasteiger partial charge in [-0.15, -0.1) is 5.10 Å². The molecule has 8 nitrogen and oxygen atoms in total. The molecule has 0 bridgehead atoms. The molecule has 3 rings (SSSR count). The van der Waals surface area contributed by atoms with Gasteiger partial charge in [0, 0.05) is 5.56 Å². The average Bonchev–Trinajstić information content (AvgIpc) is 3.05. The first kappa shape index (κ1) is 20.4. The number of methoxy groups -OCH3 is 1. The van der Waals surface area contributed by atoms with Crippen LogP contribution in [0.3, 0.4) is 0 Å². The lowest BCUT2D eigenvalue weighted by Gasteiger charge is -2.11. The van der Waals surface area contributed by atoms with E-state index in [0.29, 0.717) is 12.4 Å². The molecule has 1 amide bonds. The first-order valence-electron chi connectivity index (χ1n) is 8.70. The maximum absolute atomic E-state index is 11.7. The Balaban J connectivity index is 1.66. The number of nitrogens with one attached hydrogen (secondary N) is 1. The number of carboxylic acids is 1. The monoisotopic (exact) mass is 413 g/mol. The highest BCUT2D eigenvalue weighted by Gasteiger charge is 2.32. The lowest BCUT2D eigenvalue weighted by Crippen LogP contribution is -2.26. The second-order valence-corrected chi connectivity index (χ2v) is 7.21. The van der Waals surface area contributed by atoms with Gasteiger partial charge in [-0.1, -0.05) is 30.0 Å². The van der Waals surface area contributed by atoms with Crippen LogP contribution in [0.1, 0.15) is 17.5 Å². The number of hydrogen-bond acceptors (Lipinski definition) is 7. The van der Waals surface area contributed by atoms with E-state index in [1.807, 2.05) is 48.5 Å². The number of rotatable bonds is 8. The number of para-hydroxylation sites is 1. The van der Waals surface area contributed by atoms with Crippen molar-refractivity contribution in [3.63, 3.8) is 0 Å². The molecule has 0 aliphatic carbocycles. The molecule has 1 unspecified atom stereocenters. The zero-order valence-electron chi connectivity index (χ0n) is 15.6. The van der Waals surface area contributed by atoms with E-state index in [4.69, 9.17) is 14.6 Å². The Morgan fingerprint density at radius 2 is 2.07 bits per heavy atom. The van der Waals surface area contributed by atoms with Crippen LogP contribution in [0.15, 0.2) is 58.7 Å². The van der Waals surface area contributed by atoms with Crippen LogP contribution in [-0.2, 0) is 16.2 Å². The number of aliphatic carboxylic acids is 1. The van der Waals surface area contributed by atoms with Gasteiger partial charge in [-0.3, -0.25) is 9.59 Å². The standard InChI is InChI=1S/C20H19N3O5S/c1-27-16-8-7-13(9-14(16)12-28-15-5-3-2-4-6-15)11-21-23-20-22-19(26)17(29-20)10-18(24)25/h2-9,11,17H,10,12H2,1H3,(H,24,25)(H,22,23,26). The Bertz CT molecular complexity index is 946. The van der Waals surface area contributed by atoms with Gasteiger partial charge in [0.2, 0.25) is 5.91 Å². The molecule has 9 heteroatoms. The van der Waals surface area contributed by atoms with Crippen LogP contribution in [0.25, 0.3) is 0 Å². The normalized spacial score (nSPS) is 17.5. The number of nitrogens with zero attached hydrogens (tertiary/aromatic N) is 2. The fourth-order valence-corrected chi connectivity index (χ4v) is 3.48. The summed E-state index contributed by atoms with van der Waals surface area (Å²) in [6.45, 7) is 0.326. The van der Waals surface area contributed by atoms with Crippen molar-refractivity contribution in [2.45, 2.75) is 18.3 Å². The van der Waals surface area contributed by atoms with Crippen LogP contribution >= 0.6 is 11.8 Å². The van der Waals surface area contributed by atoms with Crippen molar-refractivity contribution in [2.75, 3.05) is 7.11 Å². The molecule has 1 aliphatic heterocycles. The number of amidine groups is 1. The molecule has 29 heavy (non-hydrogen) atoms. The van der Waals surface area contributed by atoms with E-state index in [2.05, 4.69) is 15.5 Å².